The maximum absolute atomic E-state index is 14.1. The topological polar surface area (TPSA) is 71.8 Å². The zero-order chi connectivity index (χ0) is 25.2. The van der Waals surface area contributed by atoms with Crippen LogP contribution < -0.4 is 10.6 Å². The fourth-order valence-corrected chi connectivity index (χ4v) is 5.08. The summed E-state index contributed by atoms with van der Waals surface area (Å²) >= 11 is 1.35. The van der Waals surface area contributed by atoms with E-state index in [0.29, 0.717) is 33.7 Å². The zero-order valence-corrected chi connectivity index (χ0v) is 21.1. The molecule has 1 unspecified atom stereocenters. The number of aryl methyl sites for hydroxylation is 1. The van der Waals surface area contributed by atoms with Gasteiger partial charge in [-0.3, -0.25) is 4.79 Å². The number of amides is 1. The van der Waals surface area contributed by atoms with Crippen LogP contribution in [0.4, 0.5) is 16.0 Å². The summed E-state index contributed by atoms with van der Waals surface area (Å²) in [5, 5.41) is 11.6. The lowest BCUT2D eigenvalue weighted by Gasteiger charge is -2.28. The van der Waals surface area contributed by atoms with Crippen LogP contribution in [0.2, 0.25) is 0 Å². The fraction of sp³-hybridized carbons (Fsp3) is 0.179. The van der Waals surface area contributed by atoms with E-state index in [1.54, 1.807) is 16.8 Å². The van der Waals surface area contributed by atoms with E-state index < -0.39 is 6.04 Å². The fourth-order valence-electron chi connectivity index (χ4n) is 4.26. The third kappa shape index (κ3) is 4.64. The Hall–Kier alpha value is -3.91. The summed E-state index contributed by atoms with van der Waals surface area (Å²) in [6.45, 7) is 5.89. The van der Waals surface area contributed by atoms with Gasteiger partial charge in [0.2, 0.25) is 11.1 Å². The average molecular weight is 500 g/mol. The van der Waals surface area contributed by atoms with Gasteiger partial charge in [0.05, 0.1) is 5.57 Å². The van der Waals surface area contributed by atoms with Crippen molar-refractivity contribution in [3.05, 3.63) is 112 Å². The molecular weight excluding hydrogens is 473 g/mol. The first-order valence-corrected chi connectivity index (χ1v) is 12.6. The van der Waals surface area contributed by atoms with Gasteiger partial charge in [0, 0.05) is 17.1 Å². The van der Waals surface area contributed by atoms with Crippen molar-refractivity contribution in [1.82, 2.24) is 14.8 Å². The van der Waals surface area contributed by atoms with E-state index in [1.807, 2.05) is 75.4 Å². The van der Waals surface area contributed by atoms with E-state index in [4.69, 9.17) is 5.10 Å². The first-order chi connectivity index (χ1) is 17.4. The van der Waals surface area contributed by atoms with Crippen molar-refractivity contribution in [2.24, 2.45) is 0 Å². The average Bonchev–Trinajstić information content (AvgIpc) is 3.28. The highest BCUT2D eigenvalue weighted by Crippen LogP contribution is 2.37. The molecular formula is C28H26FN5OS. The number of anilines is 2. The molecule has 182 valence electrons. The molecule has 5 rings (SSSR count). The Labute approximate surface area is 213 Å². The molecule has 0 saturated carbocycles. The molecule has 3 aromatic carbocycles. The quantitative estimate of drug-likeness (QED) is 0.307. The number of carbonyl (C=O) groups is 1. The van der Waals surface area contributed by atoms with Gasteiger partial charge in [-0.15, -0.1) is 5.10 Å². The molecule has 1 amide bonds. The molecule has 6 nitrogen and oxygen atoms in total. The molecule has 1 aliphatic heterocycles. The Morgan fingerprint density at radius 2 is 1.78 bits per heavy atom. The number of benzene rings is 3. The first kappa shape index (κ1) is 23.8. The Balaban J connectivity index is 1.49. The lowest BCUT2D eigenvalue weighted by Crippen LogP contribution is -2.31. The molecule has 2 heterocycles. The van der Waals surface area contributed by atoms with Crippen molar-refractivity contribution < 1.29 is 9.18 Å². The molecule has 1 atom stereocenters. The van der Waals surface area contributed by atoms with Gasteiger partial charge in [0.1, 0.15) is 11.9 Å². The molecule has 0 bridgehead atoms. The van der Waals surface area contributed by atoms with Gasteiger partial charge in [-0.25, -0.2) is 9.07 Å². The first-order valence-electron chi connectivity index (χ1n) is 11.7. The lowest BCUT2D eigenvalue weighted by atomic mass is 9.95. The summed E-state index contributed by atoms with van der Waals surface area (Å²) in [6, 6.07) is 21.9. The molecule has 8 heteroatoms. The number of nitrogens with one attached hydrogen (secondary N) is 2. The molecule has 4 aromatic rings. The number of allylic oxidation sites excluding steroid dienone is 1. The number of fused-ring (bicyclic) bond motifs is 1. The van der Waals surface area contributed by atoms with Crippen molar-refractivity contribution in [1.29, 1.82) is 0 Å². The van der Waals surface area contributed by atoms with E-state index in [9.17, 15) is 9.18 Å². The standard InChI is InChI=1S/C28H26FN5OS/c1-17-10-9-15-23(18(17)2)31-26(35)24-19(3)30-27-32-28(36-16-21-13-7-8-14-22(21)29)33-34(27)25(24)20-11-5-4-6-12-20/h4-15,25H,16H2,1-3H3,(H,31,35)(H,30,32,33). The largest absolute Gasteiger partial charge is 0.328 e. The van der Waals surface area contributed by atoms with E-state index in [2.05, 4.69) is 15.6 Å². The minimum Gasteiger partial charge on any atom is -0.328 e. The minimum absolute atomic E-state index is 0.204. The van der Waals surface area contributed by atoms with Gasteiger partial charge in [0.15, 0.2) is 0 Å². The second kappa shape index (κ2) is 9.99. The van der Waals surface area contributed by atoms with Crippen molar-refractivity contribution in [3.8, 4) is 0 Å². The highest BCUT2D eigenvalue weighted by atomic mass is 32.2. The van der Waals surface area contributed by atoms with Crippen LogP contribution in [0.3, 0.4) is 0 Å². The lowest BCUT2D eigenvalue weighted by molar-refractivity contribution is -0.113. The van der Waals surface area contributed by atoms with Crippen LogP contribution in [-0.4, -0.2) is 20.7 Å². The second-order valence-corrected chi connectivity index (χ2v) is 9.66. The number of hydrogen-bond acceptors (Lipinski definition) is 5. The maximum atomic E-state index is 14.1. The van der Waals surface area contributed by atoms with Gasteiger partial charge in [0.25, 0.3) is 5.91 Å². The molecule has 0 spiro atoms. The minimum atomic E-state index is -0.470. The molecule has 0 fully saturated rings. The van der Waals surface area contributed by atoms with E-state index >= 15 is 0 Å². The third-order valence-electron chi connectivity index (χ3n) is 6.36. The van der Waals surface area contributed by atoms with E-state index in [0.717, 1.165) is 22.4 Å². The summed E-state index contributed by atoms with van der Waals surface area (Å²) in [5.41, 5.74) is 5.68. The van der Waals surface area contributed by atoms with Gasteiger partial charge in [-0.05, 0) is 55.2 Å². The van der Waals surface area contributed by atoms with Crippen LogP contribution in [0.25, 0.3) is 0 Å². The number of thioether (sulfide) groups is 1. The van der Waals surface area contributed by atoms with Crippen LogP contribution in [0.1, 0.15) is 35.2 Å². The third-order valence-corrected chi connectivity index (χ3v) is 7.25. The predicted octanol–water partition coefficient (Wildman–Crippen LogP) is 6.25. The molecule has 0 radical (unpaired) electrons. The number of rotatable bonds is 6. The predicted molar refractivity (Wildman–Crippen MR) is 141 cm³/mol. The van der Waals surface area contributed by atoms with Gasteiger partial charge in [-0.2, -0.15) is 4.98 Å². The normalized spacial score (nSPS) is 14.8. The summed E-state index contributed by atoms with van der Waals surface area (Å²) in [6.07, 6.45) is 0. The summed E-state index contributed by atoms with van der Waals surface area (Å²) in [4.78, 5) is 18.3. The van der Waals surface area contributed by atoms with Crippen molar-refractivity contribution in [3.63, 3.8) is 0 Å². The highest BCUT2D eigenvalue weighted by Gasteiger charge is 2.34. The summed E-state index contributed by atoms with van der Waals surface area (Å²) < 4.78 is 15.8. The SMILES string of the molecule is CC1=C(C(=O)Nc2cccc(C)c2C)C(c2ccccc2)n2nc(SCc3ccccc3F)nc2N1. The van der Waals surface area contributed by atoms with Crippen LogP contribution in [0, 0.1) is 19.7 Å². The number of halogens is 1. The molecule has 1 aliphatic rings. The monoisotopic (exact) mass is 499 g/mol. The van der Waals surface area contributed by atoms with Gasteiger partial charge < -0.3 is 10.6 Å². The molecule has 1 aromatic heterocycles. The molecule has 0 saturated heterocycles. The van der Waals surface area contributed by atoms with Crippen molar-refractivity contribution in [2.45, 2.75) is 37.7 Å². The number of aromatic nitrogens is 3. The Morgan fingerprint density at radius 1 is 1.03 bits per heavy atom. The summed E-state index contributed by atoms with van der Waals surface area (Å²) in [5.74, 6) is 0.487. The second-order valence-electron chi connectivity index (χ2n) is 8.72. The molecule has 2 N–H and O–H groups in total. The number of carbonyl (C=O) groups excluding carboxylic acids is 1. The summed E-state index contributed by atoms with van der Waals surface area (Å²) in [7, 11) is 0. The molecule has 36 heavy (non-hydrogen) atoms. The molecule has 0 aliphatic carbocycles. The van der Waals surface area contributed by atoms with Crippen LogP contribution in [0.15, 0.2) is 89.2 Å². The van der Waals surface area contributed by atoms with E-state index in [-0.39, 0.29) is 11.7 Å². The number of hydrogen-bond donors (Lipinski definition) is 2. The maximum Gasteiger partial charge on any atom is 0.255 e. The van der Waals surface area contributed by atoms with Crippen molar-refractivity contribution in [2.75, 3.05) is 10.6 Å². The van der Waals surface area contributed by atoms with Crippen LogP contribution in [0.5, 0.6) is 0 Å². The Bertz CT molecular complexity index is 1460. The van der Waals surface area contributed by atoms with Crippen molar-refractivity contribution >= 4 is 29.3 Å². The van der Waals surface area contributed by atoms with Crippen LogP contribution >= 0.6 is 11.8 Å². The van der Waals surface area contributed by atoms with Crippen LogP contribution in [-0.2, 0) is 10.5 Å². The smallest absolute Gasteiger partial charge is 0.255 e. The zero-order valence-electron chi connectivity index (χ0n) is 20.2. The number of nitrogens with zero attached hydrogens (tertiary/aromatic N) is 3. The van der Waals surface area contributed by atoms with Gasteiger partial charge in [-0.1, -0.05) is 72.4 Å². The van der Waals surface area contributed by atoms with E-state index in [1.165, 1.54) is 17.8 Å². The Kier molecular flexibility index (Phi) is 6.61. The Morgan fingerprint density at radius 3 is 2.56 bits per heavy atom. The van der Waals surface area contributed by atoms with Gasteiger partial charge >= 0.3 is 0 Å². The highest BCUT2D eigenvalue weighted by molar-refractivity contribution is 7.98.